The van der Waals surface area contributed by atoms with Gasteiger partial charge in [0.1, 0.15) is 0 Å². The van der Waals surface area contributed by atoms with E-state index in [-0.39, 0.29) is 0 Å². The Morgan fingerprint density at radius 2 is 1.60 bits per heavy atom. The Bertz CT molecular complexity index is 200. The van der Waals surface area contributed by atoms with Gasteiger partial charge in [0.05, 0.1) is 6.19 Å². The van der Waals surface area contributed by atoms with Crippen molar-refractivity contribution in [3.05, 3.63) is 0 Å². The maximum absolute atomic E-state index is 5.26. The first-order valence-electron chi connectivity index (χ1n) is 2.96. The van der Waals surface area contributed by atoms with Crippen LogP contribution in [0.15, 0.2) is 4.52 Å². The lowest BCUT2D eigenvalue weighted by molar-refractivity contribution is 1.87. The zero-order chi connectivity index (χ0) is 8.41. The van der Waals surface area contributed by atoms with Crippen LogP contribution in [0.5, 0.6) is 0 Å². The van der Waals surface area contributed by atoms with E-state index in [2.05, 4.69) is 37.4 Å². The smallest absolute Gasteiger partial charge is 0.0514 e. The Kier molecular flexibility index (Phi) is 4.22. The van der Waals surface area contributed by atoms with Crippen LogP contribution in [0.3, 0.4) is 0 Å². The highest BCUT2D eigenvalue weighted by atomic mass is 32.7. The van der Waals surface area contributed by atoms with Gasteiger partial charge < -0.3 is 0 Å². The quantitative estimate of drug-likeness (QED) is 0.655. The number of hydrogen-bond donors (Lipinski definition) is 0. The van der Waals surface area contributed by atoms with Gasteiger partial charge in [0.2, 0.25) is 0 Å². The van der Waals surface area contributed by atoms with E-state index in [9.17, 15) is 0 Å². The van der Waals surface area contributed by atoms with Crippen LogP contribution in [-0.4, -0.2) is 32.9 Å². The molecule has 0 aliphatic heterocycles. The zero-order valence-corrected chi connectivity index (χ0v) is 10.6. The lowest BCUT2D eigenvalue weighted by Crippen LogP contribution is -1.70. The van der Waals surface area contributed by atoms with Crippen molar-refractivity contribution in [2.75, 3.05) is 32.9 Å². The Hall–Kier alpha value is 1.23. The Labute approximate surface area is 73.2 Å². The minimum atomic E-state index is -1.32. The van der Waals surface area contributed by atoms with Gasteiger partial charge >= 0.3 is 0 Å². The molecule has 0 radical (unpaired) electrons. The molecule has 0 saturated heterocycles. The van der Waals surface area contributed by atoms with Gasteiger partial charge in [-0.3, -0.25) is 4.52 Å². The Balaban J connectivity index is 4.61. The molecule has 5 heteroatoms. The van der Waals surface area contributed by atoms with E-state index in [1.807, 2.05) is 11.4 Å². The van der Waals surface area contributed by atoms with Gasteiger partial charge in [0.15, 0.2) is 0 Å². The average molecular weight is 215 g/mol. The molecule has 62 valence electrons. The third-order valence-corrected chi connectivity index (χ3v) is 9.21. The molecule has 0 unspecified atom stereocenters. The first-order valence-corrected chi connectivity index (χ1v) is 11.1. The molecule has 0 rings (SSSR count). The monoisotopic (exact) mass is 215 g/mol. The van der Waals surface area contributed by atoms with Gasteiger partial charge in [-0.15, -0.1) is 11.4 Å². The fourth-order valence-corrected chi connectivity index (χ4v) is 9.36. The summed E-state index contributed by atoms with van der Waals surface area (Å²) in [4.78, 5) is 0. The molecule has 0 saturated carbocycles. The van der Waals surface area contributed by atoms with E-state index < -0.39 is 12.4 Å². The van der Waals surface area contributed by atoms with Crippen LogP contribution < -0.4 is 0 Å². The molecule has 0 atom stereocenters. The molecule has 1 nitrogen and oxygen atoms in total. The van der Waals surface area contributed by atoms with Gasteiger partial charge in [-0.25, -0.2) is 0 Å². The summed E-state index contributed by atoms with van der Waals surface area (Å²) in [5.41, 5.74) is 0. The molecule has 0 N–H and O–H groups in total. The molecule has 0 aromatic carbocycles. The first-order chi connectivity index (χ1) is 4.27. The number of rotatable bonds is 2. The summed E-state index contributed by atoms with van der Waals surface area (Å²) in [6.45, 7) is 8.60. The highest BCUT2D eigenvalue weighted by Gasteiger charge is 2.06. The van der Waals surface area contributed by atoms with Crippen molar-refractivity contribution in [3.63, 3.8) is 0 Å². The molecule has 0 heterocycles. The van der Waals surface area contributed by atoms with Crippen LogP contribution >= 0.6 is 23.8 Å². The third-order valence-electron chi connectivity index (χ3n) is 0.878. The number of hydrogen-bond acceptors (Lipinski definition) is 2. The second-order valence-electron chi connectivity index (χ2n) is 2.86. The topological polar surface area (TPSA) is 12.4 Å². The Morgan fingerprint density at radius 3 is 1.70 bits per heavy atom. The van der Waals surface area contributed by atoms with Crippen LogP contribution in [0.1, 0.15) is 0 Å². The van der Waals surface area contributed by atoms with Crippen LogP contribution in [0.2, 0.25) is 0 Å². The lowest BCUT2D eigenvalue weighted by Gasteiger charge is -2.14. The molecule has 0 aliphatic rings. The molecule has 0 spiro atoms. The van der Waals surface area contributed by atoms with Crippen molar-refractivity contribution < 1.29 is 0 Å². The highest BCUT2D eigenvalue weighted by molar-refractivity contribution is 8.58. The first kappa shape index (κ1) is 11.2. The normalized spacial score (nSPS) is 13.3. The van der Waals surface area contributed by atoms with Crippen molar-refractivity contribution in [2.24, 2.45) is 4.52 Å². The van der Waals surface area contributed by atoms with Gasteiger partial charge in [0, 0.05) is 6.26 Å². The fraction of sp³-hybridized carbons (Fsp3) is 1.00. The van der Waals surface area contributed by atoms with Crippen LogP contribution in [0, 0.1) is 0 Å². The molecule has 0 fully saturated rings. The van der Waals surface area contributed by atoms with Crippen LogP contribution in [-0.2, 0) is 11.8 Å². The predicted molar refractivity (Wildman–Crippen MR) is 60.8 cm³/mol. The van der Waals surface area contributed by atoms with E-state index in [0.717, 1.165) is 0 Å². The van der Waals surface area contributed by atoms with E-state index in [0.29, 0.717) is 0 Å². The van der Waals surface area contributed by atoms with Crippen molar-refractivity contribution >= 4 is 35.6 Å². The summed E-state index contributed by atoms with van der Waals surface area (Å²) in [5, 5.41) is 0. The lowest BCUT2D eigenvalue weighted by atomic mass is 11.9. The van der Waals surface area contributed by atoms with Crippen molar-refractivity contribution in [1.29, 1.82) is 0 Å². The standard InChI is InChI=1S/C5H15NP2S2/c1-7(2,9)6-8(3,4)10-5/h1-5H3. The van der Waals surface area contributed by atoms with Gasteiger partial charge in [-0.05, 0) is 32.9 Å². The van der Waals surface area contributed by atoms with Gasteiger partial charge in [-0.1, -0.05) is 11.8 Å². The second kappa shape index (κ2) is 3.76. The highest BCUT2D eigenvalue weighted by Crippen LogP contribution is 2.61. The van der Waals surface area contributed by atoms with Crippen molar-refractivity contribution in [1.82, 2.24) is 0 Å². The van der Waals surface area contributed by atoms with Crippen molar-refractivity contribution in [2.45, 2.75) is 0 Å². The molecular weight excluding hydrogens is 200 g/mol. The maximum atomic E-state index is 5.26. The zero-order valence-electron chi connectivity index (χ0n) is 7.16. The van der Waals surface area contributed by atoms with E-state index in [1.165, 1.54) is 0 Å². The van der Waals surface area contributed by atoms with Crippen LogP contribution in [0.4, 0.5) is 0 Å². The second-order valence-corrected chi connectivity index (χ2v) is 15.6. The maximum Gasteiger partial charge on any atom is 0.0514 e. The molecule has 0 bridgehead atoms. The molecule has 0 amide bonds. The van der Waals surface area contributed by atoms with Crippen molar-refractivity contribution in [3.8, 4) is 0 Å². The largest absolute Gasteiger partial charge is 0.262 e. The van der Waals surface area contributed by atoms with Crippen LogP contribution in [0.25, 0.3) is 0 Å². The Morgan fingerprint density at radius 1 is 1.20 bits per heavy atom. The summed E-state index contributed by atoms with van der Waals surface area (Å²) >= 11 is 7.12. The van der Waals surface area contributed by atoms with Gasteiger partial charge in [-0.2, -0.15) is 0 Å². The fourth-order valence-electron chi connectivity index (χ4n) is 0.555. The summed E-state index contributed by atoms with van der Waals surface area (Å²) in [7, 11) is 0. The number of nitrogens with zero attached hydrogens (tertiary/aromatic N) is 1. The van der Waals surface area contributed by atoms with Gasteiger partial charge in [0.25, 0.3) is 0 Å². The molecular formula is C5H15NP2S2. The molecule has 0 aromatic heterocycles. The molecule has 0 aliphatic carbocycles. The SMILES string of the molecule is CSP(C)(C)=NP(C)(C)=S. The summed E-state index contributed by atoms with van der Waals surface area (Å²) in [6, 6.07) is 0. The van der Waals surface area contributed by atoms with E-state index in [1.54, 1.807) is 0 Å². The summed E-state index contributed by atoms with van der Waals surface area (Å²) < 4.78 is 4.66. The summed E-state index contributed by atoms with van der Waals surface area (Å²) in [6.07, 6.45) is -0.262. The molecule has 0 aromatic rings. The van der Waals surface area contributed by atoms with E-state index in [4.69, 9.17) is 11.8 Å². The average Bonchev–Trinajstić information content (AvgIpc) is 1.60. The molecule has 10 heavy (non-hydrogen) atoms. The minimum Gasteiger partial charge on any atom is -0.262 e. The minimum absolute atomic E-state index is 1.06. The summed E-state index contributed by atoms with van der Waals surface area (Å²) in [5.74, 6) is 0. The predicted octanol–water partition coefficient (Wildman–Crippen LogP) is 3.38. The third kappa shape index (κ3) is 5.97. The van der Waals surface area contributed by atoms with E-state index >= 15 is 0 Å².